The Morgan fingerprint density at radius 2 is 1.02 bits per heavy atom. The first-order valence-electron chi connectivity index (χ1n) is 16.0. The van der Waals surface area contributed by atoms with E-state index >= 15 is 0 Å². The van der Waals surface area contributed by atoms with Gasteiger partial charge in [0.2, 0.25) is 0 Å². The van der Waals surface area contributed by atoms with E-state index in [1.54, 1.807) is 0 Å². The maximum Gasteiger partial charge on any atom is 0.135 e. The summed E-state index contributed by atoms with van der Waals surface area (Å²) in [7, 11) is 0. The average Bonchev–Trinajstić information content (AvgIpc) is 3.76. The van der Waals surface area contributed by atoms with E-state index in [1.807, 2.05) is 0 Å². The van der Waals surface area contributed by atoms with E-state index in [0.29, 0.717) is 5.92 Å². The zero-order chi connectivity index (χ0) is 30.4. The fourth-order valence-electron chi connectivity index (χ4n) is 7.55. The van der Waals surface area contributed by atoms with E-state index in [9.17, 15) is 0 Å². The van der Waals surface area contributed by atoms with Crippen molar-refractivity contribution in [2.24, 2.45) is 5.92 Å². The number of fused-ring (bicyclic) bond motifs is 9. The topological polar surface area (TPSA) is 31.2 Å². The van der Waals surface area contributed by atoms with Crippen LogP contribution in [0.5, 0.6) is 0 Å². The molecule has 3 heterocycles. The molecule has 9 aromatic rings. The molecule has 0 bridgehead atoms. The normalized spacial score (nSPS) is 15.2. The molecule has 218 valence electrons. The van der Waals surface area contributed by atoms with E-state index in [1.165, 1.54) is 32.9 Å². The predicted molar refractivity (Wildman–Crippen MR) is 192 cm³/mol. The number of allylic oxidation sites excluding steroid dienone is 4. The first-order chi connectivity index (χ1) is 22.7. The van der Waals surface area contributed by atoms with Crippen LogP contribution in [-0.4, -0.2) is 4.57 Å². The van der Waals surface area contributed by atoms with Crippen molar-refractivity contribution in [3.8, 4) is 16.8 Å². The van der Waals surface area contributed by atoms with Crippen molar-refractivity contribution in [3.63, 3.8) is 0 Å². The number of aromatic nitrogens is 1. The Morgan fingerprint density at radius 1 is 0.522 bits per heavy atom. The molecule has 0 N–H and O–H groups in total. The summed E-state index contributed by atoms with van der Waals surface area (Å²) in [5.41, 5.74) is 12.1. The Kier molecular flexibility index (Phi) is 5.32. The van der Waals surface area contributed by atoms with Crippen molar-refractivity contribution in [1.82, 2.24) is 4.57 Å². The average molecular weight is 592 g/mol. The lowest BCUT2D eigenvalue weighted by molar-refractivity contribution is 0.668. The van der Waals surface area contributed by atoms with Crippen LogP contribution in [0.15, 0.2) is 148 Å². The maximum atomic E-state index is 6.35. The number of benzene rings is 6. The molecule has 0 fully saturated rings. The van der Waals surface area contributed by atoms with Gasteiger partial charge in [-0.05, 0) is 101 Å². The molecule has 10 rings (SSSR count). The minimum atomic E-state index is 0.503. The van der Waals surface area contributed by atoms with Gasteiger partial charge in [-0.3, -0.25) is 0 Å². The summed E-state index contributed by atoms with van der Waals surface area (Å²) < 4.78 is 15.0. The van der Waals surface area contributed by atoms with Crippen LogP contribution in [-0.2, 0) is 0 Å². The summed E-state index contributed by atoms with van der Waals surface area (Å²) in [6.45, 7) is 2.30. The van der Waals surface area contributed by atoms with Gasteiger partial charge < -0.3 is 13.4 Å². The van der Waals surface area contributed by atoms with Crippen LogP contribution in [0.1, 0.15) is 18.9 Å². The molecule has 46 heavy (non-hydrogen) atoms. The Labute approximate surface area is 265 Å². The number of nitrogens with zero attached hydrogens (tertiary/aromatic N) is 1. The summed E-state index contributed by atoms with van der Waals surface area (Å²) >= 11 is 0. The van der Waals surface area contributed by atoms with E-state index < -0.39 is 0 Å². The number of furan rings is 2. The lowest BCUT2D eigenvalue weighted by Gasteiger charge is -2.17. The van der Waals surface area contributed by atoms with Gasteiger partial charge in [0, 0.05) is 38.0 Å². The van der Waals surface area contributed by atoms with Crippen LogP contribution < -0.4 is 0 Å². The van der Waals surface area contributed by atoms with Crippen LogP contribution in [0.3, 0.4) is 0 Å². The van der Waals surface area contributed by atoms with Gasteiger partial charge in [-0.2, -0.15) is 0 Å². The Balaban J connectivity index is 1.12. The molecule has 1 unspecified atom stereocenters. The molecule has 1 aliphatic carbocycles. The lowest BCUT2D eigenvalue weighted by Crippen LogP contribution is -2.00. The molecule has 3 aromatic heterocycles. The third kappa shape index (κ3) is 3.72. The van der Waals surface area contributed by atoms with Gasteiger partial charge in [-0.25, -0.2) is 0 Å². The molecule has 3 nitrogen and oxygen atoms in total. The summed E-state index contributed by atoms with van der Waals surface area (Å²) in [5.74, 6) is 0.503. The molecule has 3 heteroatoms. The molecule has 0 aliphatic heterocycles. The van der Waals surface area contributed by atoms with E-state index in [2.05, 4.69) is 151 Å². The van der Waals surface area contributed by atoms with Crippen LogP contribution in [0.25, 0.3) is 88.1 Å². The fourth-order valence-corrected chi connectivity index (χ4v) is 7.55. The third-order valence-electron chi connectivity index (χ3n) is 9.86. The minimum Gasteiger partial charge on any atom is -0.456 e. The molecule has 0 saturated heterocycles. The monoisotopic (exact) mass is 591 g/mol. The van der Waals surface area contributed by atoms with E-state index in [0.717, 1.165) is 67.1 Å². The summed E-state index contributed by atoms with van der Waals surface area (Å²) in [5, 5.41) is 7.03. The van der Waals surface area contributed by atoms with Gasteiger partial charge in [-0.15, -0.1) is 0 Å². The first kappa shape index (κ1) is 25.5. The maximum absolute atomic E-state index is 6.35. The molecule has 0 spiro atoms. The zero-order valence-corrected chi connectivity index (χ0v) is 25.3. The molecule has 1 aliphatic rings. The summed E-state index contributed by atoms with van der Waals surface area (Å²) in [4.78, 5) is 0. The van der Waals surface area contributed by atoms with Crippen molar-refractivity contribution in [3.05, 3.63) is 145 Å². The van der Waals surface area contributed by atoms with Crippen molar-refractivity contribution < 1.29 is 8.83 Å². The number of para-hydroxylation sites is 2. The SMILES string of the molecule is CC1CC=CC=C1c1ccc2oc3ccc(-c4ccc5oc6ccc(-n7c8ccccc8c8ccccc87)cc6c5c4)cc3c2c1. The van der Waals surface area contributed by atoms with Gasteiger partial charge >= 0.3 is 0 Å². The zero-order valence-electron chi connectivity index (χ0n) is 25.3. The minimum absolute atomic E-state index is 0.503. The van der Waals surface area contributed by atoms with Crippen molar-refractivity contribution in [2.45, 2.75) is 13.3 Å². The number of hydrogen-bond donors (Lipinski definition) is 0. The molecule has 0 saturated carbocycles. The predicted octanol–water partition coefficient (Wildman–Crippen LogP) is 12.2. The van der Waals surface area contributed by atoms with Crippen molar-refractivity contribution >= 4 is 71.3 Å². The largest absolute Gasteiger partial charge is 0.456 e. The molecule has 1 atom stereocenters. The van der Waals surface area contributed by atoms with Crippen LogP contribution in [0, 0.1) is 5.92 Å². The van der Waals surface area contributed by atoms with E-state index in [-0.39, 0.29) is 0 Å². The molecular weight excluding hydrogens is 562 g/mol. The number of hydrogen-bond acceptors (Lipinski definition) is 2. The fraction of sp³-hybridized carbons (Fsp3) is 0.0698. The highest BCUT2D eigenvalue weighted by atomic mass is 16.3. The Morgan fingerprint density at radius 3 is 1.61 bits per heavy atom. The summed E-state index contributed by atoms with van der Waals surface area (Å²) in [6, 6.07) is 43.5. The van der Waals surface area contributed by atoms with Crippen LogP contribution >= 0.6 is 0 Å². The smallest absolute Gasteiger partial charge is 0.135 e. The second kappa shape index (κ2) is 9.60. The van der Waals surface area contributed by atoms with Gasteiger partial charge in [0.1, 0.15) is 22.3 Å². The Hall–Kier alpha value is -5.80. The second-order valence-corrected chi connectivity index (χ2v) is 12.6. The van der Waals surface area contributed by atoms with Crippen molar-refractivity contribution in [2.75, 3.05) is 0 Å². The molecular formula is C43H29NO2. The third-order valence-corrected chi connectivity index (χ3v) is 9.86. The molecule has 0 amide bonds. The van der Waals surface area contributed by atoms with E-state index in [4.69, 9.17) is 8.83 Å². The highest BCUT2D eigenvalue weighted by Crippen LogP contribution is 2.39. The summed E-state index contributed by atoms with van der Waals surface area (Å²) in [6.07, 6.45) is 7.75. The van der Waals surface area contributed by atoms with Gasteiger partial charge in [-0.1, -0.05) is 79.7 Å². The first-order valence-corrected chi connectivity index (χ1v) is 16.0. The van der Waals surface area contributed by atoms with Gasteiger partial charge in [0.05, 0.1) is 11.0 Å². The van der Waals surface area contributed by atoms with Crippen LogP contribution in [0.4, 0.5) is 0 Å². The second-order valence-electron chi connectivity index (χ2n) is 12.6. The Bertz CT molecular complexity index is 2690. The highest BCUT2D eigenvalue weighted by molar-refractivity contribution is 6.11. The highest BCUT2D eigenvalue weighted by Gasteiger charge is 2.17. The van der Waals surface area contributed by atoms with Crippen LogP contribution in [0.2, 0.25) is 0 Å². The quantitative estimate of drug-likeness (QED) is 0.205. The van der Waals surface area contributed by atoms with Crippen molar-refractivity contribution in [1.29, 1.82) is 0 Å². The lowest BCUT2D eigenvalue weighted by atomic mass is 9.87. The van der Waals surface area contributed by atoms with Gasteiger partial charge in [0.15, 0.2) is 0 Å². The molecule has 6 aromatic carbocycles. The molecule has 0 radical (unpaired) electrons. The number of rotatable bonds is 3. The van der Waals surface area contributed by atoms with Gasteiger partial charge in [0.25, 0.3) is 0 Å². The standard InChI is InChI=1S/C43H29NO2/c1-26-8-2-3-9-31(26)29-16-20-42-36(24-29)34-22-27(14-18-40(34)45-42)28-15-19-41-35(23-28)37-25-30(17-21-43(37)46-41)44-38-12-6-4-10-32(38)33-11-5-7-13-39(33)44/h2-7,9-26H,8H2,1H3.